The summed E-state index contributed by atoms with van der Waals surface area (Å²) in [4.78, 5) is 26.3. The van der Waals surface area contributed by atoms with E-state index in [0.717, 1.165) is 0 Å². The van der Waals surface area contributed by atoms with Crippen molar-refractivity contribution in [2.45, 2.75) is 0 Å². The molecule has 0 aliphatic rings. The molecule has 1 heterocycles. The van der Waals surface area contributed by atoms with Gasteiger partial charge in [-0.3, -0.25) is 0 Å². The molecular formula is C10H10NO4+. The summed E-state index contributed by atoms with van der Waals surface area (Å²) in [6, 6.07) is 1.42. The van der Waals surface area contributed by atoms with Gasteiger partial charge in [0, 0.05) is 6.92 Å². The third-order valence-electron chi connectivity index (χ3n) is 1.73. The minimum atomic E-state index is -0.685. The Kier molecular flexibility index (Phi) is 3.28. The lowest BCUT2D eigenvalue weighted by Crippen LogP contribution is -2.14. The number of carbonyl (C=O) groups excluding carboxylic acids is 2. The zero-order valence-electron chi connectivity index (χ0n) is 8.44. The van der Waals surface area contributed by atoms with Crippen LogP contribution < -0.4 is 0 Å². The first kappa shape index (κ1) is 11.0. The lowest BCUT2D eigenvalue weighted by atomic mass is 10.1. The van der Waals surface area contributed by atoms with Crippen molar-refractivity contribution in [2.75, 3.05) is 14.2 Å². The zero-order valence-corrected chi connectivity index (χ0v) is 8.44. The molecule has 5 heteroatoms. The van der Waals surface area contributed by atoms with Gasteiger partial charge in [0.25, 0.3) is 0 Å². The second kappa shape index (κ2) is 4.45. The Morgan fingerprint density at radius 2 is 1.87 bits per heavy atom. The van der Waals surface area contributed by atoms with Crippen molar-refractivity contribution in [2.24, 2.45) is 0 Å². The van der Waals surface area contributed by atoms with Crippen LogP contribution in [0.15, 0.2) is 12.3 Å². The molecule has 5 nitrogen and oxygen atoms in total. The fraction of sp³-hybridized carbons (Fsp3) is 0.200. The van der Waals surface area contributed by atoms with E-state index in [1.54, 1.807) is 0 Å². The van der Waals surface area contributed by atoms with Gasteiger partial charge in [-0.2, -0.15) is 4.98 Å². The van der Waals surface area contributed by atoms with Crippen LogP contribution in [0.4, 0.5) is 0 Å². The van der Waals surface area contributed by atoms with Gasteiger partial charge in [-0.15, -0.1) is 0 Å². The quantitative estimate of drug-likeness (QED) is 0.532. The summed E-state index contributed by atoms with van der Waals surface area (Å²) in [5, 5.41) is 0. The average molecular weight is 208 g/mol. The number of methoxy groups -OCH3 is 2. The number of hydrogen-bond acceptors (Lipinski definition) is 5. The summed E-state index contributed by atoms with van der Waals surface area (Å²) < 4.78 is 8.99. The second-order valence-electron chi connectivity index (χ2n) is 2.72. The molecule has 15 heavy (non-hydrogen) atoms. The zero-order chi connectivity index (χ0) is 11.4. The topological polar surface area (TPSA) is 65.5 Å². The Morgan fingerprint density at radius 1 is 1.27 bits per heavy atom. The molecule has 0 aliphatic carbocycles. The maximum absolute atomic E-state index is 11.3. The fourth-order valence-electron chi connectivity index (χ4n) is 1.03. The van der Waals surface area contributed by atoms with Crippen LogP contribution in [0.25, 0.3) is 0 Å². The minimum Gasteiger partial charge on any atom is -0.464 e. The molecule has 0 fully saturated rings. The van der Waals surface area contributed by atoms with Crippen molar-refractivity contribution in [1.29, 1.82) is 0 Å². The van der Waals surface area contributed by atoms with E-state index in [-0.39, 0.29) is 11.3 Å². The number of pyridine rings is 1. The monoisotopic (exact) mass is 208 g/mol. The van der Waals surface area contributed by atoms with Gasteiger partial charge in [-0.25, -0.2) is 9.59 Å². The molecule has 0 saturated carbocycles. The first-order valence-corrected chi connectivity index (χ1v) is 4.08. The van der Waals surface area contributed by atoms with Crippen LogP contribution in [0.2, 0.25) is 0 Å². The number of ether oxygens (including phenoxy) is 2. The molecule has 0 unspecified atom stereocenters. The van der Waals surface area contributed by atoms with Crippen molar-refractivity contribution in [3.05, 3.63) is 36.0 Å². The van der Waals surface area contributed by atoms with E-state index in [1.165, 1.54) is 26.5 Å². The average Bonchev–Trinajstić information content (AvgIpc) is 2.26. The molecule has 0 spiro atoms. The third kappa shape index (κ3) is 2.25. The first-order valence-electron chi connectivity index (χ1n) is 4.08. The molecule has 78 valence electrons. The van der Waals surface area contributed by atoms with Crippen LogP contribution in [-0.4, -0.2) is 31.1 Å². The van der Waals surface area contributed by atoms with E-state index in [1.807, 2.05) is 0 Å². The molecule has 1 rings (SSSR count). The van der Waals surface area contributed by atoms with E-state index >= 15 is 0 Å². The van der Waals surface area contributed by atoms with Crippen LogP contribution >= 0.6 is 0 Å². The van der Waals surface area contributed by atoms with Crippen molar-refractivity contribution < 1.29 is 19.1 Å². The summed E-state index contributed by atoms with van der Waals surface area (Å²) in [7, 11) is 2.43. The number of esters is 2. The number of carbonyl (C=O) groups is 2. The first-order chi connectivity index (χ1) is 7.10. The molecule has 0 bridgehead atoms. The Hall–Kier alpha value is -2.04. The molecular weight excluding hydrogens is 198 g/mol. The van der Waals surface area contributed by atoms with Crippen molar-refractivity contribution >= 4 is 11.9 Å². The van der Waals surface area contributed by atoms with E-state index in [4.69, 9.17) is 0 Å². The van der Waals surface area contributed by atoms with Gasteiger partial charge in [0.1, 0.15) is 11.8 Å². The Balaban J connectivity index is 3.26. The van der Waals surface area contributed by atoms with Crippen molar-refractivity contribution in [1.82, 2.24) is 4.98 Å². The van der Waals surface area contributed by atoms with Crippen LogP contribution in [0.1, 0.15) is 26.4 Å². The molecule has 0 atom stereocenters. The molecule has 0 aromatic carbocycles. The lowest BCUT2D eigenvalue weighted by molar-refractivity contribution is 0.0549. The lowest BCUT2D eigenvalue weighted by Gasteiger charge is -2.01. The maximum atomic E-state index is 11.3. The predicted octanol–water partition coefficient (Wildman–Crippen LogP) is 0.837. The molecule has 0 saturated heterocycles. The second-order valence-corrected chi connectivity index (χ2v) is 2.72. The van der Waals surface area contributed by atoms with E-state index < -0.39 is 11.9 Å². The smallest absolute Gasteiger partial charge is 0.360 e. The molecule has 0 amide bonds. The predicted molar refractivity (Wildman–Crippen MR) is 51.4 cm³/mol. The molecule has 1 aromatic heterocycles. The summed E-state index contributed by atoms with van der Waals surface area (Å²) in [5.74, 6) is -1.33. The van der Waals surface area contributed by atoms with Crippen molar-refractivity contribution in [3.8, 4) is 0 Å². The normalized spacial score (nSPS) is 9.47. The highest BCUT2D eigenvalue weighted by molar-refractivity contribution is 6.01. The van der Waals surface area contributed by atoms with Gasteiger partial charge < -0.3 is 9.47 Å². The van der Waals surface area contributed by atoms with Gasteiger partial charge in [0.2, 0.25) is 0 Å². The van der Waals surface area contributed by atoms with Crippen molar-refractivity contribution in [3.63, 3.8) is 0 Å². The van der Waals surface area contributed by atoms with Gasteiger partial charge >= 0.3 is 11.9 Å². The Morgan fingerprint density at radius 3 is 2.40 bits per heavy atom. The maximum Gasteiger partial charge on any atom is 0.360 e. The summed E-state index contributed by atoms with van der Waals surface area (Å²) in [5.41, 5.74) is 0.497. The van der Waals surface area contributed by atoms with Crippen LogP contribution in [0.5, 0.6) is 0 Å². The van der Waals surface area contributed by atoms with Crippen LogP contribution in [-0.2, 0) is 9.47 Å². The Bertz CT molecular complexity index is 400. The van der Waals surface area contributed by atoms with E-state index in [2.05, 4.69) is 21.4 Å². The number of hydrogen-bond donors (Lipinski definition) is 0. The molecule has 0 radical (unpaired) electrons. The summed E-state index contributed by atoms with van der Waals surface area (Å²) >= 11 is 0. The summed E-state index contributed by atoms with van der Waals surface area (Å²) in [6.07, 6.45) is 1.37. The van der Waals surface area contributed by atoms with Gasteiger partial charge in [0.05, 0.1) is 20.3 Å². The third-order valence-corrected chi connectivity index (χ3v) is 1.73. The van der Waals surface area contributed by atoms with Crippen LogP contribution in [0, 0.1) is 6.92 Å². The minimum absolute atomic E-state index is 0.0526. The number of rotatable bonds is 2. The van der Waals surface area contributed by atoms with Gasteiger partial charge in [-0.05, 0) is 0 Å². The Labute approximate surface area is 87.0 Å². The summed E-state index contributed by atoms with van der Waals surface area (Å²) in [6.45, 7) is 3.60. The van der Waals surface area contributed by atoms with E-state index in [9.17, 15) is 9.59 Å². The van der Waals surface area contributed by atoms with Gasteiger partial charge in [-0.1, -0.05) is 0 Å². The highest BCUT2D eigenvalue weighted by Gasteiger charge is 2.23. The SMILES string of the molecule is [CH2+]c1cnc(C(=O)OC)c(C(=O)OC)c1. The van der Waals surface area contributed by atoms with E-state index in [0.29, 0.717) is 5.56 Å². The molecule has 0 aliphatic heterocycles. The van der Waals surface area contributed by atoms with Crippen LogP contribution in [0.3, 0.4) is 0 Å². The largest absolute Gasteiger partial charge is 0.464 e. The van der Waals surface area contributed by atoms with Gasteiger partial charge in [0.15, 0.2) is 11.3 Å². The number of nitrogens with zero attached hydrogens (tertiary/aromatic N) is 1. The fourth-order valence-corrected chi connectivity index (χ4v) is 1.03. The number of aromatic nitrogens is 1. The standard InChI is InChI=1S/C10H10NO4/c1-6-4-7(9(12)14-2)8(11-5-6)10(13)15-3/h4-5H,1H2,2-3H3/q+1. The highest BCUT2D eigenvalue weighted by Crippen LogP contribution is 2.10. The highest BCUT2D eigenvalue weighted by atomic mass is 16.5. The molecule has 0 N–H and O–H groups in total. The molecule has 1 aromatic rings.